The van der Waals surface area contributed by atoms with Crippen LogP contribution in [-0.4, -0.2) is 24.4 Å². The first-order valence-corrected chi connectivity index (χ1v) is 5.87. The molecule has 1 atom stereocenters. The third kappa shape index (κ3) is 4.11. The fourth-order valence-corrected chi connectivity index (χ4v) is 1.43. The van der Waals surface area contributed by atoms with Crippen LogP contribution in [0.25, 0.3) is 0 Å². The van der Waals surface area contributed by atoms with Crippen molar-refractivity contribution in [1.82, 2.24) is 10.6 Å². The van der Waals surface area contributed by atoms with E-state index < -0.39 is 6.04 Å². The first-order chi connectivity index (χ1) is 8.04. The maximum absolute atomic E-state index is 11.8. The molecule has 0 bridgehead atoms. The van der Waals surface area contributed by atoms with E-state index in [1.807, 2.05) is 6.92 Å². The third-order valence-electron chi connectivity index (χ3n) is 2.22. The van der Waals surface area contributed by atoms with Crippen molar-refractivity contribution < 1.29 is 9.59 Å². The van der Waals surface area contributed by atoms with Crippen LogP contribution < -0.4 is 10.6 Å². The number of benzene rings is 1. The molecule has 0 heterocycles. The maximum atomic E-state index is 11.8. The van der Waals surface area contributed by atoms with Gasteiger partial charge in [0.05, 0.1) is 0 Å². The molecule has 17 heavy (non-hydrogen) atoms. The largest absolute Gasteiger partial charge is 0.355 e. The molecule has 92 valence electrons. The van der Waals surface area contributed by atoms with Gasteiger partial charge < -0.3 is 10.6 Å². The fraction of sp³-hybridized carbons (Fsp3) is 0.333. The zero-order valence-corrected chi connectivity index (χ0v) is 10.8. The Kier molecular flexibility index (Phi) is 5.03. The van der Waals surface area contributed by atoms with Crippen LogP contribution in [0.3, 0.4) is 0 Å². The molecule has 0 spiro atoms. The summed E-state index contributed by atoms with van der Waals surface area (Å²) in [6.07, 6.45) is 0. The van der Waals surface area contributed by atoms with Gasteiger partial charge >= 0.3 is 0 Å². The van der Waals surface area contributed by atoms with Gasteiger partial charge in [0.1, 0.15) is 6.04 Å². The highest BCUT2D eigenvalue weighted by atomic mass is 32.1. The number of hydrogen-bond donors (Lipinski definition) is 3. The first kappa shape index (κ1) is 13.6. The van der Waals surface area contributed by atoms with Crippen LogP contribution in [0.4, 0.5) is 0 Å². The Morgan fingerprint density at radius 3 is 2.41 bits per heavy atom. The average Bonchev–Trinajstić information content (AvgIpc) is 2.30. The Hall–Kier alpha value is -1.49. The van der Waals surface area contributed by atoms with Crippen LogP contribution in [0.5, 0.6) is 0 Å². The van der Waals surface area contributed by atoms with Gasteiger partial charge in [0.15, 0.2) is 0 Å². The number of rotatable bonds is 4. The van der Waals surface area contributed by atoms with Crippen molar-refractivity contribution in [3.63, 3.8) is 0 Å². The van der Waals surface area contributed by atoms with E-state index in [0.717, 1.165) is 4.90 Å². The topological polar surface area (TPSA) is 58.2 Å². The summed E-state index contributed by atoms with van der Waals surface area (Å²) in [4.78, 5) is 24.0. The Morgan fingerprint density at radius 2 is 1.88 bits per heavy atom. The molecule has 1 unspecified atom stereocenters. The number of likely N-dealkylation sites (N-methyl/N-ethyl adjacent to an activating group) is 1. The summed E-state index contributed by atoms with van der Waals surface area (Å²) in [5.41, 5.74) is 0.513. The smallest absolute Gasteiger partial charge is 0.251 e. The molecular weight excluding hydrogens is 236 g/mol. The molecule has 0 aromatic heterocycles. The summed E-state index contributed by atoms with van der Waals surface area (Å²) < 4.78 is 0. The first-order valence-electron chi connectivity index (χ1n) is 5.42. The molecule has 0 aliphatic carbocycles. The normalized spacial score (nSPS) is 11.7. The monoisotopic (exact) mass is 252 g/mol. The summed E-state index contributed by atoms with van der Waals surface area (Å²) in [6.45, 7) is 4.03. The molecule has 0 aliphatic rings. The van der Waals surface area contributed by atoms with Crippen LogP contribution in [0, 0.1) is 0 Å². The molecule has 0 fully saturated rings. The lowest BCUT2D eigenvalue weighted by atomic mass is 10.2. The van der Waals surface area contributed by atoms with Crippen molar-refractivity contribution in [2.75, 3.05) is 6.54 Å². The number of thiol groups is 1. The summed E-state index contributed by atoms with van der Waals surface area (Å²) in [5.74, 6) is -0.455. The van der Waals surface area contributed by atoms with Gasteiger partial charge in [0, 0.05) is 17.0 Å². The lowest BCUT2D eigenvalue weighted by Crippen LogP contribution is -2.44. The van der Waals surface area contributed by atoms with E-state index in [1.165, 1.54) is 0 Å². The van der Waals surface area contributed by atoms with Crippen molar-refractivity contribution >= 4 is 24.4 Å². The number of nitrogens with one attached hydrogen (secondary N) is 2. The number of carbonyl (C=O) groups is 2. The van der Waals surface area contributed by atoms with Gasteiger partial charge in [-0.25, -0.2) is 0 Å². The molecule has 5 heteroatoms. The highest BCUT2D eigenvalue weighted by Gasteiger charge is 2.15. The Morgan fingerprint density at radius 1 is 1.29 bits per heavy atom. The number of hydrogen-bond acceptors (Lipinski definition) is 3. The summed E-state index contributed by atoms with van der Waals surface area (Å²) in [7, 11) is 0. The Balaban J connectivity index is 2.60. The molecule has 1 aromatic rings. The quantitative estimate of drug-likeness (QED) is 0.706. The fourth-order valence-electron chi connectivity index (χ4n) is 1.29. The van der Waals surface area contributed by atoms with Gasteiger partial charge in [0.25, 0.3) is 5.91 Å². The molecular formula is C12H16N2O2S. The van der Waals surface area contributed by atoms with Crippen LogP contribution in [-0.2, 0) is 4.79 Å². The van der Waals surface area contributed by atoms with Crippen molar-refractivity contribution in [2.45, 2.75) is 24.8 Å². The van der Waals surface area contributed by atoms with E-state index in [0.29, 0.717) is 12.1 Å². The maximum Gasteiger partial charge on any atom is 0.251 e. The molecule has 0 saturated carbocycles. The lowest BCUT2D eigenvalue weighted by Gasteiger charge is -2.13. The molecule has 4 nitrogen and oxygen atoms in total. The second kappa shape index (κ2) is 6.30. The average molecular weight is 252 g/mol. The molecule has 1 rings (SSSR count). The molecule has 0 aliphatic heterocycles. The molecule has 2 N–H and O–H groups in total. The van der Waals surface area contributed by atoms with Gasteiger partial charge in [-0.1, -0.05) is 0 Å². The molecule has 1 aromatic carbocycles. The second-order valence-corrected chi connectivity index (χ2v) is 4.15. The predicted octanol–water partition coefficient (Wildman–Crippen LogP) is 1.23. The van der Waals surface area contributed by atoms with Gasteiger partial charge in [-0.2, -0.15) is 0 Å². The van der Waals surface area contributed by atoms with Crippen molar-refractivity contribution in [2.24, 2.45) is 0 Å². The highest BCUT2D eigenvalue weighted by molar-refractivity contribution is 7.80. The second-order valence-electron chi connectivity index (χ2n) is 3.64. The minimum absolute atomic E-state index is 0.188. The van der Waals surface area contributed by atoms with Gasteiger partial charge in [-0.05, 0) is 38.1 Å². The molecule has 0 saturated heterocycles. The number of amides is 2. The third-order valence-corrected chi connectivity index (χ3v) is 2.52. The van der Waals surface area contributed by atoms with E-state index in [4.69, 9.17) is 0 Å². The zero-order chi connectivity index (χ0) is 12.8. The lowest BCUT2D eigenvalue weighted by molar-refractivity contribution is -0.122. The van der Waals surface area contributed by atoms with Gasteiger partial charge in [-0.15, -0.1) is 12.6 Å². The minimum Gasteiger partial charge on any atom is -0.355 e. The van der Waals surface area contributed by atoms with Crippen molar-refractivity contribution in [3.05, 3.63) is 29.8 Å². The van der Waals surface area contributed by atoms with Crippen molar-refractivity contribution in [1.29, 1.82) is 0 Å². The van der Waals surface area contributed by atoms with E-state index in [-0.39, 0.29) is 11.8 Å². The van der Waals surface area contributed by atoms with Crippen LogP contribution in [0.15, 0.2) is 29.2 Å². The summed E-state index contributed by atoms with van der Waals surface area (Å²) >= 11 is 4.13. The van der Waals surface area contributed by atoms with Crippen LogP contribution >= 0.6 is 12.6 Å². The molecule has 2 amide bonds. The van der Waals surface area contributed by atoms with Gasteiger partial charge in [-0.3, -0.25) is 9.59 Å². The standard InChI is InChI=1S/C12H16N2O2S/c1-3-13-11(15)8(2)14-12(16)9-4-6-10(17)7-5-9/h4-8,17H,3H2,1-2H3,(H,13,15)(H,14,16). The van der Waals surface area contributed by atoms with E-state index in [1.54, 1.807) is 31.2 Å². The zero-order valence-electron chi connectivity index (χ0n) is 9.86. The minimum atomic E-state index is -0.543. The SMILES string of the molecule is CCNC(=O)C(C)NC(=O)c1ccc(S)cc1. The number of carbonyl (C=O) groups excluding carboxylic acids is 2. The molecule has 0 radical (unpaired) electrons. The van der Waals surface area contributed by atoms with Crippen LogP contribution in [0.1, 0.15) is 24.2 Å². The van der Waals surface area contributed by atoms with E-state index in [9.17, 15) is 9.59 Å². The predicted molar refractivity (Wildman–Crippen MR) is 69.3 cm³/mol. The Bertz CT molecular complexity index is 403. The highest BCUT2D eigenvalue weighted by Crippen LogP contribution is 2.07. The van der Waals surface area contributed by atoms with Gasteiger partial charge in [0.2, 0.25) is 5.91 Å². The van der Waals surface area contributed by atoms with Crippen LogP contribution in [0.2, 0.25) is 0 Å². The van der Waals surface area contributed by atoms with E-state index >= 15 is 0 Å². The van der Waals surface area contributed by atoms with Crippen molar-refractivity contribution in [3.8, 4) is 0 Å². The van der Waals surface area contributed by atoms with E-state index in [2.05, 4.69) is 23.3 Å². The summed E-state index contributed by atoms with van der Waals surface area (Å²) in [6, 6.07) is 6.26. The Labute approximate surface area is 106 Å². The summed E-state index contributed by atoms with van der Waals surface area (Å²) in [5, 5.41) is 5.27.